The van der Waals surface area contributed by atoms with E-state index >= 15 is 0 Å². The fourth-order valence-corrected chi connectivity index (χ4v) is 3.44. The maximum atomic E-state index is 12.4. The molecule has 0 aliphatic carbocycles. The highest BCUT2D eigenvalue weighted by Gasteiger charge is 2.24. The van der Waals surface area contributed by atoms with Crippen LogP contribution in [-0.2, 0) is 10.0 Å². The van der Waals surface area contributed by atoms with Gasteiger partial charge in [-0.3, -0.25) is 4.79 Å². The SMILES string of the molecule is CS(=O)(=O)N1CCCN(C(=O)c2ccc(I)cc2)CC1. The summed E-state index contributed by atoms with van der Waals surface area (Å²) in [5.41, 5.74) is 0.651. The van der Waals surface area contributed by atoms with Crippen molar-refractivity contribution in [2.24, 2.45) is 0 Å². The monoisotopic (exact) mass is 408 g/mol. The van der Waals surface area contributed by atoms with Crippen LogP contribution in [0.4, 0.5) is 0 Å². The number of carbonyl (C=O) groups is 1. The van der Waals surface area contributed by atoms with Crippen molar-refractivity contribution in [2.75, 3.05) is 32.4 Å². The van der Waals surface area contributed by atoms with Gasteiger partial charge in [-0.15, -0.1) is 0 Å². The van der Waals surface area contributed by atoms with E-state index in [9.17, 15) is 13.2 Å². The van der Waals surface area contributed by atoms with Gasteiger partial charge in [-0.1, -0.05) is 0 Å². The Hall–Kier alpha value is -0.670. The molecule has 5 nitrogen and oxygen atoms in total. The Bertz CT molecular complexity index is 586. The minimum absolute atomic E-state index is 0.0308. The lowest BCUT2D eigenvalue weighted by Crippen LogP contribution is -2.36. The van der Waals surface area contributed by atoms with Crippen LogP contribution in [0.1, 0.15) is 16.8 Å². The molecule has 0 spiro atoms. The molecular weight excluding hydrogens is 391 g/mol. The predicted molar refractivity (Wildman–Crippen MR) is 86.1 cm³/mol. The molecular formula is C13H17IN2O3S. The van der Waals surface area contributed by atoms with Crippen molar-refractivity contribution in [1.82, 2.24) is 9.21 Å². The first-order valence-corrected chi connectivity index (χ1v) is 9.30. The molecule has 20 heavy (non-hydrogen) atoms. The molecule has 1 aliphatic heterocycles. The van der Waals surface area contributed by atoms with Gasteiger partial charge in [0, 0.05) is 35.3 Å². The number of sulfonamides is 1. The highest BCUT2D eigenvalue weighted by atomic mass is 127. The number of carbonyl (C=O) groups excluding carboxylic acids is 1. The predicted octanol–water partition coefficient (Wildman–Crippen LogP) is 1.40. The van der Waals surface area contributed by atoms with E-state index in [1.165, 1.54) is 10.6 Å². The summed E-state index contributed by atoms with van der Waals surface area (Å²) in [5, 5.41) is 0. The molecule has 1 amide bonds. The van der Waals surface area contributed by atoms with Gasteiger partial charge in [0.25, 0.3) is 5.91 Å². The summed E-state index contributed by atoms with van der Waals surface area (Å²) >= 11 is 2.19. The van der Waals surface area contributed by atoms with E-state index in [0.717, 1.165) is 3.57 Å². The third-order valence-corrected chi connectivity index (χ3v) is 5.32. The summed E-state index contributed by atoms with van der Waals surface area (Å²) in [7, 11) is -3.17. The Kier molecular flexibility index (Phi) is 5.03. The van der Waals surface area contributed by atoms with Gasteiger partial charge < -0.3 is 4.90 Å². The molecule has 1 aromatic rings. The van der Waals surface area contributed by atoms with E-state index in [0.29, 0.717) is 38.2 Å². The molecule has 7 heteroatoms. The molecule has 110 valence electrons. The zero-order valence-corrected chi connectivity index (χ0v) is 14.2. The highest BCUT2D eigenvalue weighted by molar-refractivity contribution is 14.1. The number of hydrogen-bond acceptors (Lipinski definition) is 3. The van der Waals surface area contributed by atoms with Crippen molar-refractivity contribution in [2.45, 2.75) is 6.42 Å². The van der Waals surface area contributed by atoms with Gasteiger partial charge in [0.2, 0.25) is 10.0 Å². The summed E-state index contributed by atoms with van der Waals surface area (Å²) in [6, 6.07) is 7.41. The van der Waals surface area contributed by atoms with E-state index in [1.807, 2.05) is 24.3 Å². The average molecular weight is 408 g/mol. The first-order valence-electron chi connectivity index (χ1n) is 6.38. The fraction of sp³-hybridized carbons (Fsp3) is 0.462. The van der Waals surface area contributed by atoms with Crippen LogP contribution in [0.2, 0.25) is 0 Å². The fourth-order valence-electron chi connectivity index (χ4n) is 2.20. The van der Waals surface area contributed by atoms with Gasteiger partial charge >= 0.3 is 0 Å². The van der Waals surface area contributed by atoms with Crippen molar-refractivity contribution in [3.8, 4) is 0 Å². The van der Waals surface area contributed by atoms with Crippen molar-refractivity contribution < 1.29 is 13.2 Å². The number of nitrogens with zero attached hydrogens (tertiary/aromatic N) is 2. The number of benzene rings is 1. The molecule has 0 saturated carbocycles. The first kappa shape index (κ1) is 15.7. The third kappa shape index (κ3) is 3.92. The van der Waals surface area contributed by atoms with Crippen LogP contribution in [0.5, 0.6) is 0 Å². The summed E-state index contributed by atoms with van der Waals surface area (Å²) in [6.45, 7) is 1.89. The van der Waals surface area contributed by atoms with Crippen LogP contribution in [0.25, 0.3) is 0 Å². The minimum atomic E-state index is -3.17. The zero-order chi connectivity index (χ0) is 14.8. The standard InChI is InChI=1S/C13H17IN2O3S/c1-20(18,19)16-8-2-7-15(9-10-16)13(17)11-3-5-12(14)6-4-11/h3-6H,2,7-10H2,1H3. The lowest BCUT2D eigenvalue weighted by Gasteiger charge is -2.21. The summed E-state index contributed by atoms with van der Waals surface area (Å²) in [4.78, 5) is 14.1. The molecule has 0 unspecified atom stereocenters. The van der Waals surface area contributed by atoms with Crippen LogP contribution >= 0.6 is 22.6 Å². The Labute approximate surface area is 133 Å². The summed E-state index contributed by atoms with van der Waals surface area (Å²) in [5.74, 6) is -0.0308. The minimum Gasteiger partial charge on any atom is -0.337 e. The van der Waals surface area contributed by atoms with Crippen LogP contribution in [-0.4, -0.2) is 56.0 Å². The van der Waals surface area contributed by atoms with Crippen molar-refractivity contribution in [1.29, 1.82) is 0 Å². The maximum absolute atomic E-state index is 12.4. The summed E-state index contributed by atoms with van der Waals surface area (Å²) < 4.78 is 25.6. The number of hydrogen-bond donors (Lipinski definition) is 0. The molecule has 0 radical (unpaired) electrons. The van der Waals surface area contributed by atoms with Gasteiger partial charge in [-0.05, 0) is 53.3 Å². The van der Waals surface area contributed by atoms with E-state index in [1.54, 1.807) is 4.90 Å². The quantitative estimate of drug-likeness (QED) is 0.696. The van der Waals surface area contributed by atoms with E-state index in [2.05, 4.69) is 22.6 Å². The molecule has 1 fully saturated rings. The van der Waals surface area contributed by atoms with Crippen LogP contribution in [0, 0.1) is 3.57 Å². The van der Waals surface area contributed by atoms with Crippen molar-refractivity contribution in [3.05, 3.63) is 33.4 Å². The molecule has 2 rings (SSSR count). The topological polar surface area (TPSA) is 57.7 Å². The van der Waals surface area contributed by atoms with E-state index in [4.69, 9.17) is 0 Å². The van der Waals surface area contributed by atoms with Crippen molar-refractivity contribution in [3.63, 3.8) is 0 Å². The normalized spacial score (nSPS) is 17.8. The molecule has 1 heterocycles. The van der Waals surface area contributed by atoms with E-state index < -0.39 is 10.0 Å². The van der Waals surface area contributed by atoms with Crippen LogP contribution in [0.3, 0.4) is 0 Å². The van der Waals surface area contributed by atoms with Gasteiger partial charge in [0.05, 0.1) is 6.26 Å². The van der Waals surface area contributed by atoms with Crippen molar-refractivity contribution >= 4 is 38.5 Å². The molecule has 1 saturated heterocycles. The Morgan fingerprint density at radius 2 is 1.75 bits per heavy atom. The number of rotatable bonds is 2. The Balaban J connectivity index is 2.07. The number of halogens is 1. The van der Waals surface area contributed by atoms with Crippen LogP contribution in [0.15, 0.2) is 24.3 Å². The number of amides is 1. The van der Waals surface area contributed by atoms with Crippen LogP contribution < -0.4 is 0 Å². The second kappa shape index (κ2) is 6.40. The highest BCUT2D eigenvalue weighted by Crippen LogP contribution is 2.12. The second-order valence-corrected chi connectivity index (χ2v) is 8.04. The molecule has 0 bridgehead atoms. The molecule has 1 aromatic carbocycles. The average Bonchev–Trinajstić information content (AvgIpc) is 2.64. The van der Waals surface area contributed by atoms with E-state index in [-0.39, 0.29) is 5.91 Å². The van der Waals surface area contributed by atoms with Gasteiger partial charge in [0.1, 0.15) is 0 Å². The molecule has 0 N–H and O–H groups in total. The zero-order valence-electron chi connectivity index (χ0n) is 11.3. The molecule has 0 aromatic heterocycles. The third-order valence-electron chi connectivity index (χ3n) is 3.30. The first-order chi connectivity index (χ1) is 9.38. The largest absolute Gasteiger partial charge is 0.337 e. The Morgan fingerprint density at radius 1 is 1.10 bits per heavy atom. The lowest BCUT2D eigenvalue weighted by atomic mass is 10.2. The summed E-state index contributed by atoms with van der Waals surface area (Å²) in [6.07, 6.45) is 1.88. The second-order valence-electron chi connectivity index (χ2n) is 4.81. The Morgan fingerprint density at radius 3 is 2.35 bits per heavy atom. The van der Waals surface area contributed by atoms with Gasteiger partial charge in [-0.25, -0.2) is 12.7 Å². The molecule has 1 aliphatic rings. The smallest absolute Gasteiger partial charge is 0.253 e. The lowest BCUT2D eigenvalue weighted by molar-refractivity contribution is 0.0764. The maximum Gasteiger partial charge on any atom is 0.253 e. The molecule has 0 atom stereocenters. The van der Waals surface area contributed by atoms with Gasteiger partial charge in [0.15, 0.2) is 0 Å². The van der Waals surface area contributed by atoms with Gasteiger partial charge in [-0.2, -0.15) is 0 Å².